The molecule has 0 saturated heterocycles. The van der Waals surface area contributed by atoms with Gasteiger partial charge in [-0.2, -0.15) is 0 Å². The normalized spacial score (nSPS) is 10.8. The molecule has 0 aliphatic rings. The lowest BCUT2D eigenvalue weighted by Gasteiger charge is -2.09. The predicted molar refractivity (Wildman–Crippen MR) is 99.0 cm³/mol. The van der Waals surface area contributed by atoms with Crippen molar-refractivity contribution >= 4 is 28.6 Å². The largest absolute Gasteiger partial charge is 0.493 e. The molecule has 1 amide bonds. The number of amides is 1. The van der Waals surface area contributed by atoms with Crippen molar-refractivity contribution in [3.8, 4) is 11.5 Å². The number of carbonyl (C=O) groups is 1. The van der Waals surface area contributed by atoms with E-state index in [1.807, 2.05) is 30.3 Å². The van der Waals surface area contributed by atoms with Crippen LogP contribution in [0.3, 0.4) is 0 Å². The Balaban J connectivity index is 1.77. The standard InChI is InChI=1S/C20H18N2O3/c1-24-17-10-9-16(13-18(17)25-2)22-19(23)11-8-15-6-3-5-14-7-4-12-21-20(14)15/h3-13H,1-2H3,(H,22,23)/b11-8+. The SMILES string of the molecule is COc1ccc(NC(=O)/C=C/c2cccc3cccnc23)cc1OC. The fourth-order valence-corrected chi connectivity index (χ4v) is 2.53. The molecule has 1 aromatic heterocycles. The third-order valence-corrected chi connectivity index (χ3v) is 3.73. The summed E-state index contributed by atoms with van der Waals surface area (Å²) in [4.78, 5) is 16.6. The van der Waals surface area contributed by atoms with Gasteiger partial charge in [0.15, 0.2) is 11.5 Å². The molecule has 0 aliphatic heterocycles. The van der Waals surface area contributed by atoms with Crippen LogP contribution in [-0.4, -0.2) is 25.1 Å². The molecule has 1 heterocycles. The Kier molecular flexibility index (Phi) is 4.95. The zero-order chi connectivity index (χ0) is 17.6. The number of ether oxygens (including phenoxy) is 2. The number of methoxy groups -OCH3 is 2. The summed E-state index contributed by atoms with van der Waals surface area (Å²) in [5.74, 6) is 0.931. The zero-order valence-corrected chi connectivity index (χ0v) is 14.0. The molecule has 3 aromatic rings. The number of rotatable bonds is 5. The van der Waals surface area contributed by atoms with Crippen LogP contribution in [0, 0.1) is 0 Å². The summed E-state index contributed by atoms with van der Waals surface area (Å²) in [6.07, 6.45) is 4.98. The number of fused-ring (bicyclic) bond motifs is 1. The number of pyridine rings is 1. The summed E-state index contributed by atoms with van der Waals surface area (Å²) >= 11 is 0. The summed E-state index contributed by atoms with van der Waals surface area (Å²) < 4.78 is 10.4. The lowest BCUT2D eigenvalue weighted by atomic mass is 10.1. The smallest absolute Gasteiger partial charge is 0.248 e. The highest BCUT2D eigenvalue weighted by Crippen LogP contribution is 2.29. The molecule has 0 saturated carbocycles. The second kappa shape index (κ2) is 7.49. The third kappa shape index (κ3) is 3.77. The van der Waals surface area contributed by atoms with E-state index in [1.165, 1.54) is 6.08 Å². The van der Waals surface area contributed by atoms with Crippen LogP contribution in [-0.2, 0) is 4.79 Å². The molecule has 25 heavy (non-hydrogen) atoms. The number of nitrogens with one attached hydrogen (secondary N) is 1. The molecule has 2 aromatic carbocycles. The molecular weight excluding hydrogens is 316 g/mol. The van der Waals surface area contributed by atoms with E-state index < -0.39 is 0 Å². The maximum atomic E-state index is 12.2. The van der Waals surface area contributed by atoms with E-state index in [-0.39, 0.29) is 5.91 Å². The minimum Gasteiger partial charge on any atom is -0.493 e. The summed E-state index contributed by atoms with van der Waals surface area (Å²) in [7, 11) is 3.12. The van der Waals surface area contributed by atoms with Crippen molar-refractivity contribution in [1.29, 1.82) is 0 Å². The number of anilines is 1. The maximum Gasteiger partial charge on any atom is 0.248 e. The predicted octanol–water partition coefficient (Wildman–Crippen LogP) is 3.90. The van der Waals surface area contributed by atoms with Crippen LogP contribution in [0.5, 0.6) is 11.5 Å². The average molecular weight is 334 g/mol. The van der Waals surface area contributed by atoms with Gasteiger partial charge >= 0.3 is 0 Å². The van der Waals surface area contributed by atoms with Crippen LogP contribution in [0.1, 0.15) is 5.56 Å². The van der Waals surface area contributed by atoms with Gasteiger partial charge in [0.05, 0.1) is 19.7 Å². The van der Waals surface area contributed by atoms with Crippen molar-refractivity contribution in [3.63, 3.8) is 0 Å². The Morgan fingerprint density at radius 2 is 1.84 bits per heavy atom. The summed E-state index contributed by atoms with van der Waals surface area (Å²) in [5, 5.41) is 3.84. The molecule has 5 nitrogen and oxygen atoms in total. The quantitative estimate of drug-likeness (QED) is 0.719. The fraction of sp³-hybridized carbons (Fsp3) is 0.100. The Hall–Kier alpha value is -3.34. The monoisotopic (exact) mass is 334 g/mol. The van der Waals surface area contributed by atoms with Gasteiger partial charge in [0.1, 0.15) is 0 Å². The average Bonchev–Trinajstić information content (AvgIpc) is 2.66. The van der Waals surface area contributed by atoms with Crippen molar-refractivity contribution in [3.05, 3.63) is 66.4 Å². The minimum atomic E-state index is -0.236. The lowest BCUT2D eigenvalue weighted by Crippen LogP contribution is -2.08. The highest BCUT2D eigenvalue weighted by Gasteiger charge is 2.06. The molecule has 0 unspecified atom stereocenters. The van der Waals surface area contributed by atoms with Crippen LogP contribution in [0.2, 0.25) is 0 Å². The third-order valence-electron chi connectivity index (χ3n) is 3.73. The van der Waals surface area contributed by atoms with Gasteiger partial charge in [0.25, 0.3) is 0 Å². The van der Waals surface area contributed by atoms with Crippen molar-refractivity contribution in [2.75, 3.05) is 19.5 Å². The number of carbonyl (C=O) groups excluding carboxylic acids is 1. The molecule has 0 aliphatic carbocycles. The van der Waals surface area contributed by atoms with Crippen molar-refractivity contribution in [2.24, 2.45) is 0 Å². The van der Waals surface area contributed by atoms with E-state index in [2.05, 4.69) is 10.3 Å². The first-order chi connectivity index (χ1) is 12.2. The van der Waals surface area contributed by atoms with Crippen molar-refractivity contribution < 1.29 is 14.3 Å². The molecule has 3 rings (SSSR count). The van der Waals surface area contributed by atoms with E-state index in [9.17, 15) is 4.79 Å². The van der Waals surface area contributed by atoms with E-state index in [4.69, 9.17) is 9.47 Å². The van der Waals surface area contributed by atoms with Crippen LogP contribution in [0.25, 0.3) is 17.0 Å². The number of aromatic nitrogens is 1. The minimum absolute atomic E-state index is 0.236. The highest BCUT2D eigenvalue weighted by molar-refractivity contribution is 6.03. The molecule has 0 atom stereocenters. The molecule has 5 heteroatoms. The number of benzene rings is 2. The fourth-order valence-electron chi connectivity index (χ4n) is 2.53. The number of hydrogen-bond donors (Lipinski definition) is 1. The van der Waals surface area contributed by atoms with Crippen molar-refractivity contribution in [1.82, 2.24) is 4.98 Å². The van der Waals surface area contributed by atoms with Gasteiger partial charge in [-0.05, 0) is 24.3 Å². The topological polar surface area (TPSA) is 60.5 Å². The summed E-state index contributed by atoms with van der Waals surface area (Å²) in [6.45, 7) is 0. The first-order valence-corrected chi connectivity index (χ1v) is 7.76. The van der Waals surface area contributed by atoms with Gasteiger partial charge < -0.3 is 14.8 Å². The highest BCUT2D eigenvalue weighted by atomic mass is 16.5. The molecule has 0 radical (unpaired) electrons. The Morgan fingerprint density at radius 1 is 1.04 bits per heavy atom. The number of nitrogens with zero attached hydrogens (tertiary/aromatic N) is 1. The van der Waals surface area contributed by atoms with Crippen LogP contribution < -0.4 is 14.8 Å². The van der Waals surface area contributed by atoms with Crippen molar-refractivity contribution in [2.45, 2.75) is 0 Å². The first kappa shape index (κ1) is 16.5. The number of hydrogen-bond acceptors (Lipinski definition) is 4. The lowest BCUT2D eigenvalue weighted by molar-refractivity contribution is -0.111. The van der Waals surface area contributed by atoms with E-state index in [0.717, 1.165) is 16.5 Å². The Labute approximate surface area is 145 Å². The Bertz CT molecular complexity index is 930. The molecule has 0 fully saturated rings. The van der Waals surface area contributed by atoms with Crippen LogP contribution >= 0.6 is 0 Å². The summed E-state index contributed by atoms with van der Waals surface area (Å²) in [5.41, 5.74) is 2.38. The van der Waals surface area contributed by atoms with Gasteiger partial charge in [-0.15, -0.1) is 0 Å². The first-order valence-electron chi connectivity index (χ1n) is 7.76. The van der Waals surface area contributed by atoms with Crippen LogP contribution in [0.4, 0.5) is 5.69 Å². The molecule has 1 N–H and O–H groups in total. The van der Waals surface area contributed by atoms with Crippen LogP contribution in [0.15, 0.2) is 60.8 Å². The Morgan fingerprint density at radius 3 is 2.64 bits per heavy atom. The van der Waals surface area contributed by atoms with Gasteiger partial charge in [0, 0.05) is 35.0 Å². The summed E-state index contributed by atoms with van der Waals surface area (Å²) in [6, 6.07) is 14.9. The van der Waals surface area contributed by atoms with E-state index >= 15 is 0 Å². The maximum absolute atomic E-state index is 12.2. The second-order valence-corrected chi connectivity index (χ2v) is 5.31. The van der Waals surface area contributed by atoms with Gasteiger partial charge in [0.2, 0.25) is 5.91 Å². The van der Waals surface area contributed by atoms with Gasteiger partial charge in [-0.1, -0.05) is 24.3 Å². The second-order valence-electron chi connectivity index (χ2n) is 5.31. The molecular formula is C20H18N2O3. The van der Waals surface area contributed by atoms with Gasteiger partial charge in [-0.25, -0.2) is 0 Å². The molecule has 0 bridgehead atoms. The number of para-hydroxylation sites is 1. The van der Waals surface area contributed by atoms with E-state index in [0.29, 0.717) is 17.2 Å². The molecule has 0 spiro atoms. The zero-order valence-electron chi connectivity index (χ0n) is 14.0. The van der Waals surface area contributed by atoms with E-state index in [1.54, 1.807) is 44.7 Å². The van der Waals surface area contributed by atoms with Gasteiger partial charge in [-0.3, -0.25) is 9.78 Å². The molecule has 126 valence electrons.